The molecular weight excluding hydrogens is 352 g/mol. The molecule has 6 nitrogen and oxygen atoms in total. The van der Waals surface area contributed by atoms with Gasteiger partial charge in [-0.3, -0.25) is 4.79 Å². The SMILES string of the molecule is N#Cc1ccc(Oc2cccc(N3CCC(Cn4ccnc4)CC3=O)c2)cc1. The Bertz CT molecular complexity index is 990. The molecular formula is C22H20N4O2. The Labute approximate surface area is 163 Å². The molecule has 1 amide bonds. The summed E-state index contributed by atoms with van der Waals surface area (Å²) in [5.74, 6) is 1.78. The van der Waals surface area contributed by atoms with Crippen molar-refractivity contribution in [3.05, 3.63) is 72.8 Å². The van der Waals surface area contributed by atoms with E-state index in [4.69, 9.17) is 10.00 Å². The van der Waals surface area contributed by atoms with Gasteiger partial charge in [-0.05, 0) is 48.7 Å². The van der Waals surface area contributed by atoms with Crippen molar-refractivity contribution in [2.45, 2.75) is 19.4 Å². The summed E-state index contributed by atoms with van der Waals surface area (Å²) in [6, 6.07) is 16.6. The number of rotatable bonds is 5. The zero-order valence-electron chi connectivity index (χ0n) is 15.4. The minimum absolute atomic E-state index is 0.131. The van der Waals surface area contributed by atoms with Crippen LogP contribution in [0.2, 0.25) is 0 Å². The van der Waals surface area contributed by atoms with Gasteiger partial charge in [0.2, 0.25) is 5.91 Å². The number of amides is 1. The van der Waals surface area contributed by atoms with Crippen LogP contribution in [0.5, 0.6) is 11.5 Å². The second kappa shape index (κ2) is 7.97. The highest BCUT2D eigenvalue weighted by molar-refractivity contribution is 5.94. The zero-order chi connectivity index (χ0) is 19.3. The minimum atomic E-state index is 0.131. The lowest BCUT2D eigenvalue weighted by molar-refractivity contribution is -0.120. The molecule has 0 bridgehead atoms. The van der Waals surface area contributed by atoms with E-state index in [2.05, 4.69) is 11.1 Å². The number of ether oxygens (including phenoxy) is 1. The zero-order valence-corrected chi connectivity index (χ0v) is 15.4. The van der Waals surface area contributed by atoms with Crippen LogP contribution >= 0.6 is 0 Å². The molecule has 0 aliphatic carbocycles. The number of piperidine rings is 1. The summed E-state index contributed by atoms with van der Waals surface area (Å²) in [4.78, 5) is 18.6. The van der Waals surface area contributed by atoms with Gasteiger partial charge in [-0.2, -0.15) is 5.26 Å². The quantitative estimate of drug-likeness (QED) is 0.679. The van der Waals surface area contributed by atoms with Crippen LogP contribution in [0.3, 0.4) is 0 Å². The number of aromatic nitrogens is 2. The van der Waals surface area contributed by atoms with Gasteiger partial charge in [-0.25, -0.2) is 4.98 Å². The predicted molar refractivity (Wildman–Crippen MR) is 105 cm³/mol. The van der Waals surface area contributed by atoms with Crippen molar-refractivity contribution in [3.8, 4) is 17.6 Å². The number of nitrogens with zero attached hydrogens (tertiary/aromatic N) is 4. The molecule has 1 aliphatic heterocycles. The molecule has 0 saturated carbocycles. The summed E-state index contributed by atoms with van der Waals surface area (Å²) in [5.41, 5.74) is 1.43. The van der Waals surface area contributed by atoms with Gasteiger partial charge < -0.3 is 14.2 Å². The van der Waals surface area contributed by atoms with E-state index in [1.807, 2.05) is 39.9 Å². The summed E-state index contributed by atoms with van der Waals surface area (Å²) in [6.07, 6.45) is 6.96. The van der Waals surface area contributed by atoms with Gasteiger partial charge in [0.25, 0.3) is 0 Å². The van der Waals surface area contributed by atoms with E-state index < -0.39 is 0 Å². The van der Waals surface area contributed by atoms with Crippen LogP contribution in [0, 0.1) is 17.2 Å². The molecule has 0 spiro atoms. The number of hydrogen-bond acceptors (Lipinski definition) is 4. The Morgan fingerprint density at radius 2 is 2.04 bits per heavy atom. The fraction of sp³-hybridized carbons (Fsp3) is 0.227. The van der Waals surface area contributed by atoms with E-state index in [0.717, 1.165) is 18.7 Å². The van der Waals surface area contributed by atoms with Crippen LogP contribution in [0.15, 0.2) is 67.3 Å². The lowest BCUT2D eigenvalue weighted by Gasteiger charge is -2.32. The Balaban J connectivity index is 1.42. The summed E-state index contributed by atoms with van der Waals surface area (Å²) in [7, 11) is 0. The first-order valence-corrected chi connectivity index (χ1v) is 9.25. The highest BCUT2D eigenvalue weighted by Gasteiger charge is 2.27. The lowest BCUT2D eigenvalue weighted by Crippen LogP contribution is -2.39. The van der Waals surface area contributed by atoms with E-state index >= 15 is 0 Å². The monoisotopic (exact) mass is 372 g/mol. The summed E-state index contributed by atoms with van der Waals surface area (Å²) in [5, 5.41) is 8.88. The smallest absolute Gasteiger partial charge is 0.227 e. The summed E-state index contributed by atoms with van der Waals surface area (Å²) >= 11 is 0. The molecule has 4 rings (SSSR count). The number of carbonyl (C=O) groups excluding carboxylic acids is 1. The molecule has 28 heavy (non-hydrogen) atoms. The number of benzene rings is 2. The maximum atomic E-state index is 12.7. The average molecular weight is 372 g/mol. The van der Waals surface area contributed by atoms with Gasteiger partial charge >= 0.3 is 0 Å². The molecule has 1 fully saturated rings. The predicted octanol–water partition coefficient (Wildman–Crippen LogP) is 3.99. The van der Waals surface area contributed by atoms with E-state index in [1.54, 1.807) is 36.8 Å². The molecule has 2 heterocycles. The Hall–Kier alpha value is -3.59. The van der Waals surface area contributed by atoms with Crippen molar-refractivity contribution in [1.82, 2.24) is 9.55 Å². The van der Waals surface area contributed by atoms with E-state index in [0.29, 0.717) is 35.9 Å². The maximum Gasteiger partial charge on any atom is 0.227 e. The molecule has 140 valence electrons. The third-order valence-corrected chi connectivity index (χ3v) is 4.90. The first-order chi connectivity index (χ1) is 13.7. The number of hydrogen-bond donors (Lipinski definition) is 0. The van der Waals surface area contributed by atoms with Crippen LogP contribution in [0.4, 0.5) is 5.69 Å². The van der Waals surface area contributed by atoms with Crippen molar-refractivity contribution < 1.29 is 9.53 Å². The summed E-state index contributed by atoms with van der Waals surface area (Å²) < 4.78 is 7.91. The van der Waals surface area contributed by atoms with Crippen LogP contribution in [-0.4, -0.2) is 22.0 Å². The maximum absolute atomic E-state index is 12.7. The number of imidazole rings is 1. The normalized spacial score (nSPS) is 16.6. The first kappa shape index (κ1) is 17.8. The van der Waals surface area contributed by atoms with Crippen molar-refractivity contribution >= 4 is 11.6 Å². The van der Waals surface area contributed by atoms with Gasteiger partial charge in [-0.15, -0.1) is 0 Å². The molecule has 0 radical (unpaired) electrons. The number of carbonyl (C=O) groups is 1. The van der Waals surface area contributed by atoms with Gasteiger partial charge in [0.1, 0.15) is 11.5 Å². The van der Waals surface area contributed by atoms with Crippen LogP contribution in [-0.2, 0) is 11.3 Å². The van der Waals surface area contributed by atoms with Crippen molar-refractivity contribution in [1.29, 1.82) is 5.26 Å². The number of nitriles is 1. The lowest BCUT2D eigenvalue weighted by atomic mass is 9.95. The first-order valence-electron chi connectivity index (χ1n) is 9.25. The fourth-order valence-electron chi connectivity index (χ4n) is 3.47. The van der Waals surface area contributed by atoms with Crippen LogP contribution in [0.1, 0.15) is 18.4 Å². The van der Waals surface area contributed by atoms with E-state index in [9.17, 15) is 4.79 Å². The van der Waals surface area contributed by atoms with Crippen LogP contribution < -0.4 is 9.64 Å². The molecule has 0 N–H and O–H groups in total. The second-order valence-corrected chi connectivity index (χ2v) is 6.90. The van der Waals surface area contributed by atoms with Crippen LogP contribution in [0.25, 0.3) is 0 Å². The Kier molecular flexibility index (Phi) is 5.07. The Morgan fingerprint density at radius 1 is 1.18 bits per heavy atom. The van der Waals surface area contributed by atoms with Crippen molar-refractivity contribution in [3.63, 3.8) is 0 Å². The van der Waals surface area contributed by atoms with Gasteiger partial charge in [0, 0.05) is 43.7 Å². The molecule has 1 aliphatic rings. The molecule has 1 aromatic heterocycles. The average Bonchev–Trinajstić information content (AvgIpc) is 3.22. The van der Waals surface area contributed by atoms with Gasteiger partial charge in [-0.1, -0.05) is 6.07 Å². The van der Waals surface area contributed by atoms with Crippen molar-refractivity contribution in [2.75, 3.05) is 11.4 Å². The standard InChI is InChI=1S/C22H20N4O2/c23-14-17-4-6-20(7-5-17)28-21-3-1-2-19(13-21)26-10-8-18(12-22(26)27)15-25-11-9-24-16-25/h1-7,9,11,13,16,18H,8,10,12,15H2. The topological polar surface area (TPSA) is 71.2 Å². The third kappa shape index (κ3) is 4.04. The minimum Gasteiger partial charge on any atom is -0.457 e. The van der Waals surface area contributed by atoms with E-state index in [-0.39, 0.29) is 5.91 Å². The fourth-order valence-corrected chi connectivity index (χ4v) is 3.47. The molecule has 1 unspecified atom stereocenters. The third-order valence-electron chi connectivity index (χ3n) is 4.90. The van der Waals surface area contributed by atoms with Crippen molar-refractivity contribution in [2.24, 2.45) is 5.92 Å². The van der Waals surface area contributed by atoms with Gasteiger partial charge in [0.15, 0.2) is 0 Å². The summed E-state index contributed by atoms with van der Waals surface area (Å²) in [6.45, 7) is 1.51. The molecule has 2 aromatic carbocycles. The number of anilines is 1. The largest absolute Gasteiger partial charge is 0.457 e. The second-order valence-electron chi connectivity index (χ2n) is 6.90. The van der Waals surface area contributed by atoms with Gasteiger partial charge in [0.05, 0.1) is 18.0 Å². The Morgan fingerprint density at radius 3 is 2.75 bits per heavy atom. The molecule has 1 saturated heterocycles. The van der Waals surface area contributed by atoms with E-state index in [1.165, 1.54) is 0 Å². The molecule has 3 aromatic rings. The highest BCUT2D eigenvalue weighted by Crippen LogP contribution is 2.30. The molecule has 6 heteroatoms. The highest BCUT2D eigenvalue weighted by atomic mass is 16.5. The molecule has 1 atom stereocenters.